The molecule has 3 fully saturated rings. The fraction of sp³-hybridized carbons (Fsp3) is 0.842. The molecule has 3 aliphatic heterocycles. The highest BCUT2D eigenvalue weighted by Crippen LogP contribution is 2.41. The molecule has 3 rings (SSSR count). The number of hydrogen-bond acceptors (Lipinski definition) is 6. The molecule has 0 aromatic rings. The van der Waals surface area contributed by atoms with Crippen LogP contribution < -0.4 is 0 Å². The number of carboxylic acids is 1. The summed E-state index contributed by atoms with van der Waals surface area (Å²) in [5, 5.41) is 9.01. The first-order chi connectivity index (χ1) is 12.2. The highest BCUT2D eigenvalue weighted by atomic mass is 16.8. The number of ether oxygens (including phenoxy) is 5. The van der Waals surface area contributed by atoms with Crippen molar-refractivity contribution in [3.8, 4) is 0 Å². The smallest absolute Gasteiger partial charge is 0.328 e. The normalized spacial score (nSPS) is 37.8. The van der Waals surface area contributed by atoms with Crippen LogP contribution >= 0.6 is 0 Å². The van der Waals surface area contributed by atoms with Crippen LogP contribution in [0.1, 0.15) is 47.0 Å². The standard InChI is InChI=1S/C19H30O7/c1-18(2)23-11-14(25-18)16(12-7-5-6-10-22-12)17-13(8-9-15(20)21)24-19(3,4)26-17/h8-9,12-14,16-17H,5-7,10-11H2,1-4H3,(H,20,21)/b9-8-/t12?,13-,14+,16+,17+/m0/s1. The van der Waals surface area contributed by atoms with E-state index in [1.807, 2.05) is 27.7 Å². The van der Waals surface area contributed by atoms with E-state index in [1.165, 1.54) is 0 Å². The summed E-state index contributed by atoms with van der Waals surface area (Å²) < 4.78 is 30.2. The third-order valence-corrected chi connectivity index (χ3v) is 5.08. The molecule has 3 aliphatic rings. The monoisotopic (exact) mass is 370 g/mol. The van der Waals surface area contributed by atoms with Gasteiger partial charge >= 0.3 is 5.97 Å². The van der Waals surface area contributed by atoms with E-state index in [2.05, 4.69) is 0 Å². The van der Waals surface area contributed by atoms with E-state index in [0.29, 0.717) is 13.2 Å². The van der Waals surface area contributed by atoms with Crippen molar-refractivity contribution in [1.29, 1.82) is 0 Å². The van der Waals surface area contributed by atoms with Crippen molar-refractivity contribution < 1.29 is 33.6 Å². The Morgan fingerprint density at radius 1 is 1.08 bits per heavy atom. The second-order valence-electron chi connectivity index (χ2n) is 8.11. The fourth-order valence-corrected chi connectivity index (χ4v) is 4.08. The molecule has 1 N–H and O–H groups in total. The topological polar surface area (TPSA) is 83.5 Å². The quantitative estimate of drug-likeness (QED) is 0.744. The molecule has 0 aromatic heterocycles. The molecule has 0 aliphatic carbocycles. The minimum atomic E-state index is -1.01. The average Bonchev–Trinajstić information content (AvgIpc) is 3.05. The molecule has 5 atom stereocenters. The van der Waals surface area contributed by atoms with Gasteiger partial charge in [-0.2, -0.15) is 0 Å². The molecule has 0 saturated carbocycles. The average molecular weight is 370 g/mol. The van der Waals surface area contributed by atoms with Crippen molar-refractivity contribution in [1.82, 2.24) is 0 Å². The van der Waals surface area contributed by atoms with Crippen molar-refractivity contribution in [2.75, 3.05) is 13.2 Å². The molecule has 7 heteroatoms. The van der Waals surface area contributed by atoms with Crippen LogP contribution in [0.5, 0.6) is 0 Å². The van der Waals surface area contributed by atoms with Crippen LogP contribution in [0.15, 0.2) is 12.2 Å². The van der Waals surface area contributed by atoms with Crippen molar-refractivity contribution in [2.45, 2.75) is 82.9 Å². The van der Waals surface area contributed by atoms with Gasteiger partial charge in [0.1, 0.15) is 6.10 Å². The van der Waals surface area contributed by atoms with Gasteiger partial charge in [0, 0.05) is 18.6 Å². The molecule has 7 nitrogen and oxygen atoms in total. The van der Waals surface area contributed by atoms with Gasteiger partial charge in [-0.05, 0) is 53.0 Å². The van der Waals surface area contributed by atoms with E-state index in [4.69, 9.17) is 28.8 Å². The van der Waals surface area contributed by atoms with Crippen LogP contribution in [0.4, 0.5) is 0 Å². The van der Waals surface area contributed by atoms with Crippen molar-refractivity contribution in [3.05, 3.63) is 12.2 Å². The van der Waals surface area contributed by atoms with Gasteiger partial charge < -0.3 is 28.8 Å². The number of aliphatic carboxylic acids is 1. The van der Waals surface area contributed by atoms with E-state index in [-0.39, 0.29) is 24.2 Å². The van der Waals surface area contributed by atoms with Gasteiger partial charge in [0.25, 0.3) is 0 Å². The fourth-order valence-electron chi connectivity index (χ4n) is 4.08. The highest BCUT2D eigenvalue weighted by molar-refractivity contribution is 5.79. The Labute approximate surface area is 154 Å². The maximum absolute atomic E-state index is 11.0. The summed E-state index contributed by atoms with van der Waals surface area (Å²) in [6.07, 6.45) is 4.63. The van der Waals surface area contributed by atoms with Gasteiger partial charge in [-0.1, -0.05) is 0 Å². The number of carbonyl (C=O) groups is 1. The molecule has 0 bridgehead atoms. The Morgan fingerprint density at radius 2 is 1.85 bits per heavy atom. The Bertz CT molecular complexity index is 536. The van der Waals surface area contributed by atoms with Crippen LogP contribution in [0.2, 0.25) is 0 Å². The minimum absolute atomic E-state index is 0.0329. The summed E-state index contributed by atoms with van der Waals surface area (Å²) in [6.45, 7) is 8.62. The first-order valence-electron chi connectivity index (χ1n) is 9.37. The maximum atomic E-state index is 11.0. The maximum Gasteiger partial charge on any atom is 0.328 e. The predicted octanol–water partition coefficient (Wildman–Crippen LogP) is 2.48. The molecule has 0 spiro atoms. The van der Waals surface area contributed by atoms with Gasteiger partial charge in [0.2, 0.25) is 0 Å². The Kier molecular flexibility index (Phi) is 5.75. The predicted molar refractivity (Wildman–Crippen MR) is 92.6 cm³/mol. The zero-order valence-electron chi connectivity index (χ0n) is 16.0. The Balaban J connectivity index is 1.87. The van der Waals surface area contributed by atoms with Gasteiger partial charge in [0.15, 0.2) is 11.6 Å². The number of hydrogen-bond donors (Lipinski definition) is 1. The molecule has 1 unspecified atom stereocenters. The zero-order chi connectivity index (χ0) is 18.9. The van der Waals surface area contributed by atoms with Gasteiger partial charge in [-0.3, -0.25) is 0 Å². The van der Waals surface area contributed by atoms with Crippen LogP contribution in [0.25, 0.3) is 0 Å². The summed E-state index contributed by atoms with van der Waals surface area (Å²) in [5.74, 6) is -2.58. The zero-order valence-corrected chi connectivity index (χ0v) is 16.0. The van der Waals surface area contributed by atoms with Crippen LogP contribution in [0.3, 0.4) is 0 Å². The number of rotatable bonds is 5. The van der Waals surface area contributed by atoms with Crippen LogP contribution in [0, 0.1) is 5.92 Å². The summed E-state index contributed by atoms with van der Waals surface area (Å²) in [5.41, 5.74) is 0. The highest BCUT2D eigenvalue weighted by Gasteiger charge is 2.52. The van der Waals surface area contributed by atoms with Gasteiger partial charge in [-0.15, -0.1) is 0 Å². The van der Waals surface area contributed by atoms with Crippen molar-refractivity contribution in [2.24, 2.45) is 5.92 Å². The summed E-state index contributed by atoms with van der Waals surface area (Å²) >= 11 is 0. The lowest BCUT2D eigenvalue weighted by Crippen LogP contribution is -2.48. The van der Waals surface area contributed by atoms with E-state index >= 15 is 0 Å². The van der Waals surface area contributed by atoms with E-state index in [9.17, 15) is 4.79 Å². The largest absolute Gasteiger partial charge is 0.478 e. The van der Waals surface area contributed by atoms with Crippen molar-refractivity contribution in [3.63, 3.8) is 0 Å². The lowest BCUT2D eigenvalue weighted by molar-refractivity contribution is -0.184. The van der Waals surface area contributed by atoms with E-state index in [1.54, 1.807) is 6.08 Å². The summed E-state index contributed by atoms with van der Waals surface area (Å²) in [6, 6.07) is 0. The molecule has 26 heavy (non-hydrogen) atoms. The molecular weight excluding hydrogens is 340 g/mol. The second-order valence-corrected chi connectivity index (χ2v) is 8.11. The molecule has 0 amide bonds. The molecule has 148 valence electrons. The first kappa shape index (κ1) is 19.8. The third kappa shape index (κ3) is 4.64. The Morgan fingerprint density at radius 3 is 2.42 bits per heavy atom. The van der Waals surface area contributed by atoms with Crippen LogP contribution in [-0.2, 0) is 28.5 Å². The summed E-state index contributed by atoms with van der Waals surface area (Å²) in [7, 11) is 0. The number of carboxylic acid groups (broad SMARTS) is 1. The summed E-state index contributed by atoms with van der Waals surface area (Å²) in [4.78, 5) is 11.0. The van der Waals surface area contributed by atoms with Gasteiger partial charge in [0.05, 0.1) is 24.9 Å². The molecule has 3 saturated heterocycles. The van der Waals surface area contributed by atoms with Crippen molar-refractivity contribution >= 4 is 5.97 Å². The molecule has 3 heterocycles. The molecular formula is C19H30O7. The third-order valence-electron chi connectivity index (χ3n) is 5.08. The molecule has 0 radical (unpaired) electrons. The second kappa shape index (κ2) is 7.56. The lowest BCUT2D eigenvalue weighted by atomic mass is 9.84. The first-order valence-corrected chi connectivity index (χ1v) is 9.37. The lowest BCUT2D eigenvalue weighted by Gasteiger charge is -2.37. The Hall–Kier alpha value is -0.990. The van der Waals surface area contributed by atoms with Crippen LogP contribution in [-0.4, -0.2) is 60.3 Å². The molecule has 0 aromatic carbocycles. The van der Waals surface area contributed by atoms with Gasteiger partial charge in [-0.25, -0.2) is 4.79 Å². The van der Waals surface area contributed by atoms with E-state index in [0.717, 1.165) is 25.3 Å². The minimum Gasteiger partial charge on any atom is -0.478 e. The van der Waals surface area contributed by atoms with E-state index < -0.39 is 23.6 Å². The SMILES string of the molecule is CC1(C)O[C@@H]([C@H](C2CCCCO2)[C@H]2COC(C)(C)O2)[C@H](/C=C\C(=O)O)O1.